The Bertz CT molecular complexity index is 755. The fourth-order valence-corrected chi connectivity index (χ4v) is 3.30. The van der Waals surface area contributed by atoms with E-state index in [0.717, 1.165) is 43.3 Å². The molecular formula is C19H22N4O. The van der Waals surface area contributed by atoms with Crippen LogP contribution < -0.4 is 0 Å². The van der Waals surface area contributed by atoms with Gasteiger partial charge in [-0.25, -0.2) is 9.97 Å². The molecule has 0 aliphatic carbocycles. The first-order valence-corrected chi connectivity index (χ1v) is 8.58. The molecule has 1 aromatic carbocycles. The third-order valence-electron chi connectivity index (χ3n) is 4.68. The van der Waals surface area contributed by atoms with Crippen LogP contribution in [0.2, 0.25) is 0 Å². The van der Waals surface area contributed by atoms with Crippen molar-refractivity contribution < 1.29 is 4.74 Å². The minimum atomic E-state index is 0.678. The summed E-state index contributed by atoms with van der Waals surface area (Å²) in [6.07, 6.45) is 13.1. The van der Waals surface area contributed by atoms with Crippen molar-refractivity contribution in [1.29, 1.82) is 0 Å². The van der Waals surface area contributed by atoms with Gasteiger partial charge in [0.15, 0.2) is 0 Å². The van der Waals surface area contributed by atoms with Gasteiger partial charge in [-0.3, -0.25) is 0 Å². The Morgan fingerprint density at radius 2 is 2.04 bits per heavy atom. The SMILES string of the molecule is c1cn(-c2ccc(-c3nccn3CCC3CCCOC3)cc2)cn1. The van der Waals surface area contributed by atoms with Crippen molar-refractivity contribution in [1.82, 2.24) is 19.1 Å². The molecule has 0 spiro atoms. The lowest BCUT2D eigenvalue weighted by molar-refractivity contribution is 0.0501. The van der Waals surface area contributed by atoms with Gasteiger partial charge in [-0.1, -0.05) is 0 Å². The smallest absolute Gasteiger partial charge is 0.139 e. The summed E-state index contributed by atoms with van der Waals surface area (Å²) in [5.41, 5.74) is 2.25. The monoisotopic (exact) mass is 322 g/mol. The quantitative estimate of drug-likeness (QED) is 0.721. The zero-order valence-electron chi connectivity index (χ0n) is 13.7. The molecule has 0 N–H and O–H groups in total. The van der Waals surface area contributed by atoms with Gasteiger partial charge in [-0.15, -0.1) is 0 Å². The van der Waals surface area contributed by atoms with Crippen LogP contribution in [0.1, 0.15) is 19.3 Å². The van der Waals surface area contributed by atoms with Crippen molar-refractivity contribution in [2.75, 3.05) is 13.2 Å². The molecule has 0 saturated carbocycles. The van der Waals surface area contributed by atoms with Gasteiger partial charge in [0.05, 0.1) is 6.33 Å². The second kappa shape index (κ2) is 7.01. The molecule has 2 aromatic heterocycles. The average Bonchev–Trinajstić information content (AvgIpc) is 3.33. The minimum Gasteiger partial charge on any atom is -0.381 e. The molecule has 1 saturated heterocycles. The van der Waals surface area contributed by atoms with Crippen molar-refractivity contribution in [2.24, 2.45) is 5.92 Å². The molecule has 0 amide bonds. The molecule has 5 nitrogen and oxygen atoms in total. The summed E-state index contributed by atoms with van der Waals surface area (Å²) < 4.78 is 9.83. The Hall–Kier alpha value is -2.40. The summed E-state index contributed by atoms with van der Waals surface area (Å²) in [6.45, 7) is 2.83. The molecular weight excluding hydrogens is 300 g/mol. The summed E-state index contributed by atoms with van der Waals surface area (Å²) in [7, 11) is 0. The number of hydrogen-bond acceptors (Lipinski definition) is 3. The van der Waals surface area contributed by atoms with Crippen molar-refractivity contribution in [3.8, 4) is 17.1 Å². The topological polar surface area (TPSA) is 44.9 Å². The summed E-state index contributed by atoms with van der Waals surface area (Å²) in [5.74, 6) is 1.71. The molecule has 5 heteroatoms. The van der Waals surface area contributed by atoms with Gasteiger partial charge < -0.3 is 13.9 Å². The molecule has 0 bridgehead atoms. The van der Waals surface area contributed by atoms with Crippen LogP contribution in [-0.2, 0) is 11.3 Å². The highest BCUT2D eigenvalue weighted by Crippen LogP contribution is 2.22. The Morgan fingerprint density at radius 3 is 2.79 bits per heavy atom. The van der Waals surface area contributed by atoms with Crippen molar-refractivity contribution in [3.63, 3.8) is 0 Å². The van der Waals surface area contributed by atoms with Crippen molar-refractivity contribution >= 4 is 0 Å². The molecule has 1 atom stereocenters. The maximum atomic E-state index is 5.58. The third kappa shape index (κ3) is 3.26. The van der Waals surface area contributed by atoms with Crippen LogP contribution in [0.4, 0.5) is 0 Å². The molecule has 3 aromatic rings. The number of aryl methyl sites for hydroxylation is 1. The van der Waals surface area contributed by atoms with Crippen molar-refractivity contribution in [3.05, 3.63) is 55.4 Å². The minimum absolute atomic E-state index is 0.678. The second-order valence-electron chi connectivity index (χ2n) is 6.33. The van der Waals surface area contributed by atoms with Gasteiger partial charge >= 0.3 is 0 Å². The van der Waals surface area contributed by atoms with Gasteiger partial charge in [0.25, 0.3) is 0 Å². The van der Waals surface area contributed by atoms with Crippen molar-refractivity contribution in [2.45, 2.75) is 25.8 Å². The number of aromatic nitrogens is 4. The van der Waals surface area contributed by atoms with E-state index in [2.05, 4.69) is 45.0 Å². The largest absolute Gasteiger partial charge is 0.381 e. The maximum Gasteiger partial charge on any atom is 0.139 e. The van der Waals surface area contributed by atoms with E-state index >= 15 is 0 Å². The molecule has 1 aliphatic rings. The summed E-state index contributed by atoms with van der Waals surface area (Å²) in [6, 6.07) is 8.45. The maximum absolute atomic E-state index is 5.58. The second-order valence-corrected chi connectivity index (χ2v) is 6.33. The Morgan fingerprint density at radius 1 is 1.12 bits per heavy atom. The van der Waals surface area contributed by atoms with E-state index < -0.39 is 0 Å². The fourth-order valence-electron chi connectivity index (χ4n) is 3.30. The van der Waals surface area contributed by atoms with E-state index in [-0.39, 0.29) is 0 Å². The van der Waals surface area contributed by atoms with Crippen LogP contribution in [-0.4, -0.2) is 32.3 Å². The van der Waals surface area contributed by atoms with E-state index in [9.17, 15) is 0 Å². The van der Waals surface area contributed by atoms with Gasteiger partial charge in [-0.2, -0.15) is 0 Å². The zero-order valence-corrected chi connectivity index (χ0v) is 13.7. The van der Waals surface area contributed by atoms with E-state index in [0.29, 0.717) is 5.92 Å². The predicted octanol–water partition coefficient (Wildman–Crippen LogP) is 3.55. The van der Waals surface area contributed by atoms with Gasteiger partial charge in [0.2, 0.25) is 0 Å². The van der Waals surface area contributed by atoms with E-state index in [1.807, 2.05) is 23.3 Å². The highest BCUT2D eigenvalue weighted by Gasteiger charge is 2.15. The first-order valence-electron chi connectivity index (χ1n) is 8.58. The standard InChI is InChI=1S/C19H22N4O/c1-2-16(14-24-13-1)7-10-22-12-9-21-19(22)17-3-5-18(6-4-17)23-11-8-20-15-23/h3-6,8-9,11-12,15-16H,1-2,7,10,13-14H2. The van der Waals surface area contributed by atoms with Gasteiger partial charge in [0, 0.05) is 55.8 Å². The first kappa shape index (κ1) is 15.1. The van der Waals surface area contributed by atoms with Crippen LogP contribution in [0.3, 0.4) is 0 Å². The highest BCUT2D eigenvalue weighted by molar-refractivity contribution is 5.57. The van der Waals surface area contributed by atoms with E-state index in [1.54, 1.807) is 6.20 Å². The Kier molecular flexibility index (Phi) is 4.42. The molecule has 124 valence electrons. The fraction of sp³-hybridized carbons (Fsp3) is 0.368. The molecule has 24 heavy (non-hydrogen) atoms. The summed E-state index contributed by atoms with van der Waals surface area (Å²) in [5, 5.41) is 0. The Balaban J connectivity index is 1.47. The number of rotatable bonds is 5. The van der Waals surface area contributed by atoms with E-state index in [1.165, 1.54) is 12.8 Å². The number of nitrogens with zero attached hydrogens (tertiary/aromatic N) is 4. The first-order chi connectivity index (χ1) is 11.9. The molecule has 3 heterocycles. The van der Waals surface area contributed by atoms with Crippen LogP contribution in [0.5, 0.6) is 0 Å². The third-order valence-corrected chi connectivity index (χ3v) is 4.68. The Labute approximate surface area is 141 Å². The predicted molar refractivity (Wildman–Crippen MR) is 92.9 cm³/mol. The molecule has 1 unspecified atom stereocenters. The van der Waals surface area contributed by atoms with Crippen LogP contribution in [0, 0.1) is 5.92 Å². The highest BCUT2D eigenvalue weighted by atomic mass is 16.5. The zero-order chi connectivity index (χ0) is 16.2. The molecule has 0 radical (unpaired) electrons. The van der Waals surface area contributed by atoms with Crippen LogP contribution in [0.25, 0.3) is 17.1 Å². The van der Waals surface area contributed by atoms with Gasteiger partial charge in [-0.05, 0) is 49.4 Å². The van der Waals surface area contributed by atoms with Gasteiger partial charge in [0.1, 0.15) is 5.82 Å². The normalized spacial score (nSPS) is 17.9. The number of hydrogen-bond donors (Lipinski definition) is 0. The average molecular weight is 322 g/mol. The molecule has 1 fully saturated rings. The lowest BCUT2D eigenvalue weighted by Gasteiger charge is -2.22. The lowest BCUT2D eigenvalue weighted by Crippen LogP contribution is -2.19. The summed E-state index contributed by atoms with van der Waals surface area (Å²) >= 11 is 0. The number of ether oxygens (including phenoxy) is 1. The van der Waals surface area contributed by atoms with Crippen LogP contribution >= 0.6 is 0 Å². The number of imidazole rings is 2. The van der Waals surface area contributed by atoms with Crippen LogP contribution in [0.15, 0.2) is 55.4 Å². The molecule has 1 aliphatic heterocycles. The summed E-state index contributed by atoms with van der Waals surface area (Å²) in [4.78, 5) is 8.65. The van der Waals surface area contributed by atoms with E-state index in [4.69, 9.17) is 4.74 Å². The molecule has 4 rings (SSSR count). The lowest BCUT2D eigenvalue weighted by atomic mass is 9.99. The number of benzene rings is 1.